The van der Waals surface area contributed by atoms with E-state index >= 15 is 0 Å². The Labute approximate surface area is 171 Å². The fraction of sp³-hybridized carbons (Fsp3) is 0.280. The predicted molar refractivity (Wildman–Crippen MR) is 117 cm³/mol. The minimum atomic E-state index is -0.438. The molecule has 0 aliphatic carbocycles. The molecule has 0 radical (unpaired) electrons. The van der Waals surface area contributed by atoms with Gasteiger partial charge in [0.05, 0.1) is 0 Å². The predicted octanol–water partition coefficient (Wildman–Crippen LogP) is 4.87. The lowest BCUT2D eigenvalue weighted by Crippen LogP contribution is -2.31. The number of amides is 2. The normalized spacial score (nSPS) is 17.1. The van der Waals surface area contributed by atoms with Crippen molar-refractivity contribution in [1.29, 1.82) is 0 Å². The van der Waals surface area contributed by atoms with Crippen molar-refractivity contribution in [3.8, 4) is 11.1 Å². The van der Waals surface area contributed by atoms with Crippen molar-refractivity contribution < 1.29 is 9.59 Å². The Morgan fingerprint density at radius 3 is 2.52 bits per heavy atom. The van der Waals surface area contributed by atoms with Gasteiger partial charge in [-0.3, -0.25) is 9.59 Å². The lowest BCUT2D eigenvalue weighted by molar-refractivity contribution is 0.0760. The summed E-state index contributed by atoms with van der Waals surface area (Å²) < 4.78 is 0. The van der Waals surface area contributed by atoms with Crippen LogP contribution in [0.3, 0.4) is 0 Å². The molecule has 1 atom stereocenters. The Morgan fingerprint density at radius 1 is 0.931 bits per heavy atom. The molecule has 4 nitrogen and oxygen atoms in total. The summed E-state index contributed by atoms with van der Waals surface area (Å²) in [7, 11) is 0. The number of fused-ring (bicyclic) bond motifs is 1. The van der Waals surface area contributed by atoms with Crippen molar-refractivity contribution in [2.24, 2.45) is 11.7 Å². The highest BCUT2D eigenvalue weighted by molar-refractivity contribution is 6.10. The summed E-state index contributed by atoms with van der Waals surface area (Å²) in [6.45, 7) is 3.90. The van der Waals surface area contributed by atoms with Gasteiger partial charge in [0.15, 0.2) is 0 Å². The van der Waals surface area contributed by atoms with E-state index in [9.17, 15) is 9.59 Å². The molecule has 4 rings (SSSR count). The largest absolute Gasteiger partial charge is 0.366 e. The van der Waals surface area contributed by atoms with Crippen LogP contribution in [0.15, 0.2) is 60.7 Å². The summed E-state index contributed by atoms with van der Waals surface area (Å²) in [5.41, 5.74) is 8.72. The van der Waals surface area contributed by atoms with Crippen molar-refractivity contribution in [2.75, 3.05) is 13.1 Å². The Balaban J connectivity index is 1.72. The summed E-state index contributed by atoms with van der Waals surface area (Å²) >= 11 is 0. The molecule has 2 amide bonds. The molecule has 3 aromatic rings. The van der Waals surface area contributed by atoms with E-state index in [1.165, 1.54) is 6.42 Å². The molecule has 4 heteroatoms. The molecule has 2 N–H and O–H groups in total. The lowest BCUT2D eigenvalue weighted by atomic mass is 9.94. The standard InChI is InChI=1S/C25H26N2O2/c1-17-6-5-14-27(15-13-17)25(29)19-8-2-7-18(16-19)20-9-3-11-22-21(20)10-4-12-23(22)24(26)28/h2-4,7-12,16-17H,5-6,13-15H2,1H3,(H2,26,28)/t17-/m1/s1. The van der Waals surface area contributed by atoms with Crippen LogP contribution in [0, 0.1) is 5.92 Å². The molecule has 3 aromatic carbocycles. The van der Waals surface area contributed by atoms with Crippen LogP contribution in [0.5, 0.6) is 0 Å². The van der Waals surface area contributed by atoms with Crippen molar-refractivity contribution in [2.45, 2.75) is 26.2 Å². The van der Waals surface area contributed by atoms with Crippen LogP contribution in [0.1, 0.15) is 46.9 Å². The second kappa shape index (κ2) is 8.08. The molecule has 1 saturated heterocycles. The summed E-state index contributed by atoms with van der Waals surface area (Å²) in [6.07, 6.45) is 3.30. The third-order valence-corrected chi connectivity index (χ3v) is 5.91. The molecular weight excluding hydrogens is 360 g/mol. The average molecular weight is 386 g/mol. The SMILES string of the molecule is C[C@@H]1CCCN(C(=O)c2cccc(-c3cccc4c(C(N)=O)cccc34)c2)CC1. The van der Waals surface area contributed by atoms with Gasteiger partial charge < -0.3 is 10.6 Å². The van der Waals surface area contributed by atoms with Gasteiger partial charge in [0.1, 0.15) is 0 Å². The molecule has 1 aliphatic heterocycles. The maximum atomic E-state index is 13.1. The van der Waals surface area contributed by atoms with Gasteiger partial charge in [-0.25, -0.2) is 0 Å². The van der Waals surface area contributed by atoms with E-state index in [4.69, 9.17) is 5.73 Å². The zero-order valence-electron chi connectivity index (χ0n) is 16.7. The van der Waals surface area contributed by atoms with Crippen molar-refractivity contribution in [3.05, 3.63) is 71.8 Å². The number of primary amides is 1. The Hall–Kier alpha value is -3.14. The summed E-state index contributed by atoms with van der Waals surface area (Å²) in [4.78, 5) is 26.9. The highest BCUT2D eigenvalue weighted by atomic mass is 16.2. The van der Waals surface area contributed by atoms with E-state index in [0.717, 1.165) is 47.8 Å². The van der Waals surface area contributed by atoms with E-state index in [1.54, 1.807) is 6.07 Å². The molecular formula is C25H26N2O2. The van der Waals surface area contributed by atoms with Crippen LogP contribution in [0.4, 0.5) is 0 Å². The van der Waals surface area contributed by atoms with E-state index < -0.39 is 5.91 Å². The fourth-order valence-corrected chi connectivity index (χ4v) is 4.24. The average Bonchev–Trinajstić information content (AvgIpc) is 2.96. The van der Waals surface area contributed by atoms with Gasteiger partial charge in [-0.15, -0.1) is 0 Å². The Kier molecular flexibility index (Phi) is 5.34. The fourth-order valence-electron chi connectivity index (χ4n) is 4.24. The molecule has 1 fully saturated rings. The summed E-state index contributed by atoms with van der Waals surface area (Å²) in [6, 6.07) is 19.2. The Morgan fingerprint density at radius 2 is 1.69 bits per heavy atom. The molecule has 0 spiro atoms. The highest BCUT2D eigenvalue weighted by Gasteiger charge is 2.20. The molecule has 1 heterocycles. The summed E-state index contributed by atoms with van der Waals surface area (Å²) in [5, 5.41) is 1.78. The first-order chi connectivity index (χ1) is 14.0. The first kappa shape index (κ1) is 19.2. The topological polar surface area (TPSA) is 63.4 Å². The van der Waals surface area contributed by atoms with Gasteiger partial charge in [0.25, 0.3) is 5.91 Å². The highest BCUT2D eigenvalue weighted by Crippen LogP contribution is 2.31. The van der Waals surface area contributed by atoms with Gasteiger partial charge >= 0.3 is 0 Å². The third kappa shape index (κ3) is 3.88. The maximum absolute atomic E-state index is 13.1. The van der Waals surface area contributed by atoms with Crippen molar-refractivity contribution >= 4 is 22.6 Å². The van der Waals surface area contributed by atoms with Crippen LogP contribution < -0.4 is 5.73 Å². The van der Waals surface area contributed by atoms with Crippen LogP contribution >= 0.6 is 0 Å². The first-order valence-corrected chi connectivity index (χ1v) is 10.3. The second-order valence-corrected chi connectivity index (χ2v) is 7.98. The van der Waals surface area contributed by atoms with Crippen LogP contribution in [-0.2, 0) is 0 Å². The number of hydrogen-bond donors (Lipinski definition) is 1. The number of nitrogens with two attached hydrogens (primary N) is 1. The van der Waals surface area contributed by atoms with Gasteiger partial charge in [0, 0.05) is 24.2 Å². The number of benzene rings is 3. The monoisotopic (exact) mass is 386 g/mol. The number of hydrogen-bond acceptors (Lipinski definition) is 2. The van der Waals surface area contributed by atoms with E-state index in [-0.39, 0.29) is 5.91 Å². The molecule has 29 heavy (non-hydrogen) atoms. The maximum Gasteiger partial charge on any atom is 0.253 e. The van der Waals surface area contributed by atoms with Gasteiger partial charge in [-0.1, -0.05) is 49.4 Å². The molecule has 0 unspecified atom stereocenters. The zero-order chi connectivity index (χ0) is 20.4. The Bertz CT molecular complexity index is 1070. The van der Waals surface area contributed by atoms with Crippen LogP contribution in [0.2, 0.25) is 0 Å². The van der Waals surface area contributed by atoms with Gasteiger partial charge in [0.2, 0.25) is 5.91 Å². The number of rotatable bonds is 3. The molecule has 1 aliphatic rings. The molecule has 0 aromatic heterocycles. The van der Waals surface area contributed by atoms with Crippen molar-refractivity contribution in [3.63, 3.8) is 0 Å². The number of likely N-dealkylation sites (tertiary alicyclic amines) is 1. The van der Waals surface area contributed by atoms with Crippen molar-refractivity contribution in [1.82, 2.24) is 4.90 Å². The minimum absolute atomic E-state index is 0.0963. The number of nitrogens with zero attached hydrogens (tertiary/aromatic N) is 1. The lowest BCUT2D eigenvalue weighted by Gasteiger charge is -2.21. The first-order valence-electron chi connectivity index (χ1n) is 10.3. The smallest absolute Gasteiger partial charge is 0.253 e. The summed E-state index contributed by atoms with van der Waals surface area (Å²) in [5.74, 6) is 0.334. The number of carbonyl (C=O) groups is 2. The van der Waals surface area contributed by atoms with E-state index in [2.05, 4.69) is 6.92 Å². The van der Waals surface area contributed by atoms with Gasteiger partial charge in [-0.05, 0) is 65.3 Å². The quantitative estimate of drug-likeness (QED) is 0.698. The van der Waals surface area contributed by atoms with Crippen LogP contribution in [-0.4, -0.2) is 29.8 Å². The molecule has 148 valence electrons. The zero-order valence-corrected chi connectivity index (χ0v) is 16.7. The second-order valence-electron chi connectivity index (χ2n) is 7.98. The van der Waals surface area contributed by atoms with Crippen LogP contribution in [0.25, 0.3) is 21.9 Å². The van der Waals surface area contributed by atoms with E-state index in [0.29, 0.717) is 17.0 Å². The minimum Gasteiger partial charge on any atom is -0.366 e. The van der Waals surface area contributed by atoms with E-state index in [1.807, 2.05) is 59.5 Å². The third-order valence-electron chi connectivity index (χ3n) is 5.91. The van der Waals surface area contributed by atoms with Gasteiger partial charge in [-0.2, -0.15) is 0 Å². The molecule has 0 saturated carbocycles. The number of carbonyl (C=O) groups excluding carboxylic acids is 2. The molecule has 0 bridgehead atoms.